The smallest absolute Gasteiger partial charge is 0.195 e. The molecule has 0 saturated heterocycles. The molecule has 5 nitrogen and oxygen atoms in total. The third-order valence-electron chi connectivity index (χ3n) is 3.08. The Morgan fingerprint density at radius 1 is 1.30 bits per heavy atom. The molecule has 0 aliphatic carbocycles. The second-order valence-corrected chi connectivity index (χ2v) is 5.35. The first-order valence-corrected chi connectivity index (χ1v) is 7.06. The van der Waals surface area contributed by atoms with Gasteiger partial charge < -0.3 is 20.1 Å². The van der Waals surface area contributed by atoms with Gasteiger partial charge >= 0.3 is 0 Å². The lowest BCUT2D eigenvalue weighted by Gasteiger charge is -2.21. The van der Waals surface area contributed by atoms with Gasteiger partial charge in [0.25, 0.3) is 0 Å². The summed E-state index contributed by atoms with van der Waals surface area (Å²) in [5, 5.41) is 0. The third-order valence-corrected chi connectivity index (χ3v) is 4.33. The van der Waals surface area contributed by atoms with Crippen molar-refractivity contribution in [3.05, 3.63) is 27.7 Å². The van der Waals surface area contributed by atoms with Crippen molar-refractivity contribution in [1.29, 1.82) is 0 Å². The van der Waals surface area contributed by atoms with Crippen LogP contribution in [0, 0.1) is 13.8 Å². The Bertz CT molecular complexity index is 464. The van der Waals surface area contributed by atoms with Crippen LogP contribution in [0.3, 0.4) is 0 Å². The van der Waals surface area contributed by atoms with Gasteiger partial charge in [-0.15, -0.1) is 0 Å². The quantitative estimate of drug-likeness (QED) is 0.506. The van der Waals surface area contributed by atoms with E-state index in [0.29, 0.717) is 12.5 Å². The number of hydrogen-bond donors (Lipinski definition) is 1. The number of rotatable bonds is 5. The molecular formula is C14H22BrN3O2. The largest absolute Gasteiger partial charge is 0.370 e. The number of halogens is 1. The fraction of sp³-hybridized carbons (Fsp3) is 0.500. The lowest BCUT2D eigenvalue weighted by molar-refractivity contribution is -0.0937. The number of aryl methyl sites for hydroxylation is 2. The topological polar surface area (TPSA) is 60.1 Å². The lowest BCUT2D eigenvalue weighted by atomic mass is 10.1. The average Bonchev–Trinajstić information content (AvgIpc) is 2.44. The van der Waals surface area contributed by atoms with E-state index in [1.807, 2.05) is 25.8 Å². The molecule has 0 aromatic heterocycles. The molecule has 1 aromatic rings. The normalized spacial score (nSPS) is 12.1. The fourth-order valence-electron chi connectivity index (χ4n) is 1.77. The van der Waals surface area contributed by atoms with Crippen molar-refractivity contribution in [1.82, 2.24) is 0 Å². The minimum atomic E-state index is -0.379. The van der Waals surface area contributed by atoms with E-state index in [-0.39, 0.29) is 6.29 Å². The van der Waals surface area contributed by atoms with Crippen LogP contribution in [0.5, 0.6) is 0 Å². The Labute approximate surface area is 128 Å². The molecule has 0 unspecified atom stereocenters. The zero-order valence-electron chi connectivity index (χ0n) is 12.6. The van der Waals surface area contributed by atoms with E-state index in [1.54, 1.807) is 14.2 Å². The van der Waals surface area contributed by atoms with Crippen LogP contribution in [-0.2, 0) is 9.47 Å². The third kappa shape index (κ3) is 4.19. The maximum atomic E-state index is 6.00. The highest BCUT2D eigenvalue weighted by molar-refractivity contribution is 9.10. The molecule has 0 atom stereocenters. The van der Waals surface area contributed by atoms with Gasteiger partial charge in [0.2, 0.25) is 0 Å². The zero-order valence-corrected chi connectivity index (χ0v) is 14.2. The predicted octanol–water partition coefficient (Wildman–Crippen LogP) is 2.44. The molecule has 1 rings (SSSR count). The predicted molar refractivity (Wildman–Crippen MR) is 86.3 cm³/mol. The van der Waals surface area contributed by atoms with Crippen molar-refractivity contribution < 1.29 is 9.47 Å². The first-order valence-electron chi connectivity index (χ1n) is 6.26. The van der Waals surface area contributed by atoms with E-state index in [2.05, 4.69) is 33.1 Å². The number of aliphatic imine (C=N–C) groups is 1. The molecule has 6 heteroatoms. The van der Waals surface area contributed by atoms with E-state index < -0.39 is 0 Å². The average molecular weight is 344 g/mol. The molecule has 112 valence electrons. The zero-order chi connectivity index (χ0) is 15.3. The molecule has 0 amide bonds. The van der Waals surface area contributed by atoms with Gasteiger partial charge in [0, 0.05) is 31.4 Å². The summed E-state index contributed by atoms with van der Waals surface area (Å²) in [6.07, 6.45) is -0.379. The van der Waals surface area contributed by atoms with Crippen molar-refractivity contribution in [3.8, 4) is 0 Å². The van der Waals surface area contributed by atoms with Crippen LogP contribution < -0.4 is 10.6 Å². The van der Waals surface area contributed by atoms with Gasteiger partial charge in [0.15, 0.2) is 12.2 Å². The monoisotopic (exact) mass is 343 g/mol. The molecule has 0 spiro atoms. The Balaban J connectivity index is 2.88. The number of methoxy groups -OCH3 is 2. The molecule has 0 aliphatic rings. The van der Waals surface area contributed by atoms with Gasteiger partial charge in [-0.3, -0.25) is 0 Å². The molecular weight excluding hydrogens is 322 g/mol. The van der Waals surface area contributed by atoms with Gasteiger partial charge in [-0.05, 0) is 37.1 Å². The summed E-state index contributed by atoms with van der Waals surface area (Å²) in [7, 11) is 5.03. The van der Waals surface area contributed by atoms with Crippen LogP contribution in [-0.4, -0.2) is 40.1 Å². The van der Waals surface area contributed by atoms with E-state index in [1.165, 1.54) is 0 Å². The number of nitrogens with two attached hydrogens (primary N) is 1. The first-order chi connectivity index (χ1) is 9.40. The van der Waals surface area contributed by atoms with Crippen LogP contribution in [0.1, 0.15) is 11.1 Å². The maximum absolute atomic E-state index is 6.00. The summed E-state index contributed by atoms with van der Waals surface area (Å²) in [5.41, 5.74) is 9.31. The van der Waals surface area contributed by atoms with Crippen LogP contribution in [0.2, 0.25) is 0 Å². The summed E-state index contributed by atoms with van der Waals surface area (Å²) in [5.74, 6) is 0.422. The Hall–Kier alpha value is -1.11. The highest BCUT2D eigenvalue weighted by Gasteiger charge is 2.10. The van der Waals surface area contributed by atoms with E-state index in [4.69, 9.17) is 15.2 Å². The molecule has 0 aliphatic heterocycles. The number of ether oxygens (including phenoxy) is 2. The minimum absolute atomic E-state index is 0.359. The van der Waals surface area contributed by atoms with Crippen molar-refractivity contribution >= 4 is 27.6 Å². The summed E-state index contributed by atoms with van der Waals surface area (Å²) in [6.45, 7) is 4.46. The maximum Gasteiger partial charge on any atom is 0.195 e. The van der Waals surface area contributed by atoms with Crippen molar-refractivity contribution in [3.63, 3.8) is 0 Å². The number of anilines is 1. The number of hydrogen-bond acceptors (Lipinski definition) is 3. The molecule has 1 aromatic carbocycles. The minimum Gasteiger partial charge on any atom is -0.370 e. The molecule has 0 fully saturated rings. The Kier molecular flexibility index (Phi) is 6.45. The second kappa shape index (κ2) is 7.61. The Morgan fingerprint density at radius 2 is 1.80 bits per heavy atom. The van der Waals surface area contributed by atoms with Gasteiger partial charge in [-0.2, -0.15) is 0 Å². The summed E-state index contributed by atoms with van der Waals surface area (Å²) in [6, 6.07) is 4.12. The van der Waals surface area contributed by atoms with Crippen LogP contribution >= 0.6 is 15.9 Å². The molecule has 0 radical (unpaired) electrons. The first kappa shape index (κ1) is 16.9. The molecule has 20 heavy (non-hydrogen) atoms. The molecule has 0 heterocycles. The van der Waals surface area contributed by atoms with Gasteiger partial charge in [-0.25, -0.2) is 4.99 Å². The molecule has 0 saturated carbocycles. The van der Waals surface area contributed by atoms with E-state index in [0.717, 1.165) is 21.3 Å². The molecule has 0 bridgehead atoms. The van der Waals surface area contributed by atoms with E-state index in [9.17, 15) is 0 Å². The van der Waals surface area contributed by atoms with Gasteiger partial charge in [0.05, 0.1) is 6.54 Å². The summed E-state index contributed by atoms with van der Waals surface area (Å²) >= 11 is 3.55. The summed E-state index contributed by atoms with van der Waals surface area (Å²) in [4.78, 5) is 6.12. The number of nitrogens with zero attached hydrogens (tertiary/aromatic N) is 2. The van der Waals surface area contributed by atoms with Crippen molar-refractivity contribution in [2.75, 3.05) is 32.7 Å². The van der Waals surface area contributed by atoms with Crippen LogP contribution in [0.25, 0.3) is 0 Å². The fourth-order valence-corrected chi connectivity index (χ4v) is 2.00. The second-order valence-electron chi connectivity index (χ2n) is 4.55. The highest BCUT2D eigenvalue weighted by atomic mass is 79.9. The van der Waals surface area contributed by atoms with Crippen molar-refractivity contribution in [2.24, 2.45) is 10.7 Å². The lowest BCUT2D eigenvalue weighted by Crippen LogP contribution is -2.35. The van der Waals surface area contributed by atoms with Crippen LogP contribution in [0.4, 0.5) is 5.69 Å². The van der Waals surface area contributed by atoms with Crippen LogP contribution in [0.15, 0.2) is 21.6 Å². The standard InChI is InChI=1S/C14H22BrN3O2/c1-9-6-11(7-10(2)13(9)15)18(3)14(16)17-8-12(19-4)20-5/h6-7,12H,8H2,1-5H3,(H2,16,17). The SMILES string of the molecule is COC(CN=C(N)N(C)c1cc(C)c(Br)c(C)c1)OC. The van der Waals surface area contributed by atoms with Gasteiger partial charge in [-0.1, -0.05) is 15.9 Å². The number of benzene rings is 1. The number of guanidine groups is 1. The molecule has 2 N–H and O–H groups in total. The van der Waals surface area contributed by atoms with E-state index >= 15 is 0 Å². The highest BCUT2D eigenvalue weighted by Crippen LogP contribution is 2.26. The van der Waals surface area contributed by atoms with Gasteiger partial charge in [0.1, 0.15) is 0 Å². The van der Waals surface area contributed by atoms with Crippen molar-refractivity contribution in [2.45, 2.75) is 20.1 Å². The summed E-state index contributed by atoms with van der Waals surface area (Å²) < 4.78 is 11.3. The Morgan fingerprint density at radius 3 is 2.25 bits per heavy atom.